The molecule has 0 fully saturated rings. The second kappa shape index (κ2) is 6.92. The second-order valence-corrected chi connectivity index (χ2v) is 7.33. The Bertz CT molecular complexity index is 999. The lowest BCUT2D eigenvalue weighted by atomic mass is 9.89. The van der Waals surface area contributed by atoms with Crippen molar-refractivity contribution in [2.45, 2.75) is 51.9 Å². The molecule has 0 aromatic heterocycles. The largest absolute Gasteiger partial charge is 0.398 e. The Morgan fingerprint density at radius 3 is 2.20 bits per heavy atom. The van der Waals surface area contributed by atoms with Crippen LogP contribution in [0, 0.1) is 0 Å². The summed E-state index contributed by atoms with van der Waals surface area (Å²) in [6.07, 6.45) is 9.10. The highest BCUT2D eigenvalue weighted by molar-refractivity contribution is 6.25. The van der Waals surface area contributed by atoms with Gasteiger partial charge in [-0.25, -0.2) is 0 Å². The maximum absolute atomic E-state index is 6.44. The van der Waals surface area contributed by atoms with Gasteiger partial charge in [0.05, 0.1) is 0 Å². The topological polar surface area (TPSA) is 26.0 Å². The van der Waals surface area contributed by atoms with E-state index in [-0.39, 0.29) is 0 Å². The summed E-state index contributed by atoms with van der Waals surface area (Å²) in [5.41, 5.74) is 8.78. The summed E-state index contributed by atoms with van der Waals surface area (Å²) in [4.78, 5) is 0. The highest BCUT2D eigenvalue weighted by atomic mass is 14.6. The number of hydrogen-bond donors (Lipinski definition) is 1. The summed E-state index contributed by atoms with van der Waals surface area (Å²) in [5, 5.41) is 7.98. The van der Waals surface area contributed by atoms with E-state index in [0.29, 0.717) is 0 Å². The molecule has 4 aromatic carbocycles. The van der Waals surface area contributed by atoms with Crippen molar-refractivity contribution in [3.8, 4) is 0 Å². The zero-order chi connectivity index (χ0) is 17.2. The summed E-state index contributed by atoms with van der Waals surface area (Å²) < 4.78 is 0. The van der Waals surface area contributed by atoms with Crippen LogP contribution in [0.1, 0.15) is 51.0 Å². The number of nitrogens with two attached hydrogens (primary N) is 1. The first-order chi connectivity index (χ1) is 12.3. The van der Waals surface area contributed by atoms with Crippen LogP contribution in [-0.4, -0.2) is 0 Å². The van der Waals surface area contributed by atoms with E-state index in [1.807, 2.05) is 0 Å². The van der Waals surface area contributed by atoms with Gasteiger partial charge in [-0.05, 0) is 51.4 Å². The fourth-order valence-corrected chi connectivity index (χ4v) is 4.26. The van der Waals surface area contributed by atoms with Gasteiger partial charge in [-0.2, -0.15) is 0 Å². The van der Waals surface area contributed by atoms with Gasteiger partial charge in [0.15, 0.2) is 0 Å². The van der Waals surface area contributed by atoms with E-state index in [0.717, 1.165) is 12.1 Å². The van der Waals surface area contributed by atoms with Crippen molar-refractivity contribution < 1.29 is 0 Å². The number of hydrogen-bond acceptors (Lipinski definition) is 1. The minimum Gasteiger partial charge on any atom is -0.398 e. The van der Waals surface area contributed by atoms with Crippen LogP contribution >= 0.6 is 0 Å². The minimum absolute atomic E-state index is 0.923. The average molecular weight is 329 g/mol. The molecular formula is C24H27N. The lowest BCUT2D eigenvalue weighted by Gasteiger charge is -2.16. The van der Waals surface area contributed by atoms with E-state index in [4.69, 9.17) is 5.73 Å². The molecule has 4 rings (SSSR count). The first-order valence-electron chi connectivity index (χ1n) is 9.74. The number of aryl methyl sites for hydroxylation is 1. The molecule has 4 aromatic rings. The fourth-order valence-electron chi connectivity index (χ4n) is 4.26. The van der Waals surface area contributed by atoms with Crippen LogP contribution in [-0.2, 0) is 6.42 Å². The predicted molar refractivity (Wildman–Crippen MR) is 112 cm³/mol. The first kappa shape index (κ1) is 16.2. The van der Waals surface area contributed by atoms with Crippen molar-refractivity contribution in [1.29, 1.82) is 0 Å². The normalized spacial score (nSPS) is 11.9. The third-order valence-corrected chi connectivity index (χ3v) is 5.54. The van der Waals surface area contributed by atoms with E-state index in [1.165, 1.54) is 76.4 Å². The molecule has 0 amide bonds. The lowest BCUT2D eigenvalue weighted by Crippen LogP contribution is -1.96. The van der Waals surface area contributed by atoms with Crippen LogP contribution in [0.15, 0.2) is 48.5 Å². The van der Waals surface area contributed by atoms with E-state index in [2.05, 4.69) is 55.5 Å². The van der Waals surface area contributed by atoms with Crippen molar-refractivity contribution in [1.82, 2.24) is 0 Å². The van der Waals surface area contributed by atoms with Gasteiger partial charge in [0.25, 0.3) is 0 Å². The van der Waals surface area contributed by atoms with Crippen molar-refractivity contribution >= 4 is 38.0 Å². The van der Waals surface area contributed by atoms with Gasteiger partial charge >= 0.3 is 0 Å². The molecule has 128 valence electrons. The quantitative estimate of drug-likeness (QED) is 0.219. The molecule has 0 aliphatic rings. The lowest BCUT2D eigenvalue weighted by molar-refractivity contribution is 0.608. The molecule has 0 heterocycles. The number of anilines is 1. The smallest absolute Gasteiger partial charge is 0.0397 e. The zero-order valence-corrected chi connectivity index (χ0v) is 15.1. The van der Waals surface area contributed by atoms with Crippen molar-refractivity contribution in [3.05, 3.63) is 54.1 Å². The van der Waals surface area contributed by atoms with Gasteiger partial charge in [0.2, 0.25) is 0 Å². The number of nitrogen functional groups attached to an aromatic ring is 1. The van der Waals surface area contributed by atoms with Crippen LogP contribution in [0.4, 0.5) is 5.69 Å². The molecular weight excluding hydrogens is 302 g/mol. The molecule has 1 nitrogen and oxygen atoms in total. The summed E-state index contributed by atoms with van der Waals surface area (Å²) >= 11 is 0. The molecule has 2 N–H and O–H groups in total. The van der Waals surface area contributed by atoms with Gasteiger partial charge in [-0.1, -0.05) is 81.5 Å². The molecule has 0 saturated heterocycles. The van der Waals surface area contributed by atoms with E-state index < -0.39 is 0 Å². The number of benzene rings is 4. The molecule has 0 aliphatic carbocycles. The SMILES string of the molecule is CCCCCCCCc1cc2cccc3ccc4ccc(N)c1c4c32. The Morgan fingerprint density at radius 1 is 0.680 bits per heavy atom. The summed E-state index contributed by atoms with van der Waals surface area (Å²) in [5.74, 6) is 0. The molecule has 0 bridgehead atoms. The third kappa shape index (κ3) is 2.93. The van der Waals surface area contributed by atoms with Crippen molar-refractivity contribution in [2.75, 3.05) is 5.73 Å². The molecule has 0 aliphatic heterocycles. The molecule has 25 heavy (non-hydrogen) atoms. The van der Waals surface area contributed by atoms with Crippen LogP contribution < -0.4 is 5.73 Å². The molecule has 0 saturated carbocycles. The van der Waals surface area contributed by atoms with Crippen LogP contribution in [0.2, 0.25) is 0 Å². The summed E-state index contributed by atoms with van der Waals surface area (Å²) in [7, 11) is 0. The number of unbranched alkanes of at least 4 members (excludes halogenated alkanes) is 5. The maximum Gasteiger partial charge on any atom is 0.0397 e. The summed E-state index contributed by atoms with van der Waals surface area (Å²) in [6, 6.07) is 17.7. The Balaban J connectivity index is 1.75. The minimum atomic E-state index is 0.923. The number of rotatable bonds is 7. The van der Waals surface area contributed by atoms with Crippen LogP contribution in [0.5, 0.6) is 0 Å². The maximum atomic E-state index is 6.44. The average Bonchev–Trinajstić information content (AvgIpc) is 2.64. The molecule has 0 atom stereocenters. The fraction of sp³-hybridized carbons (Fsp3) is 0.333. The molecule has 0 spiro atoms. The zero-order valence-electron chi connectivity index (χ0n) is 15.1. The molecule has 0 unspecified atom stereocenters. The van der Waals surface area contributed by atoms with Gasteiger partial charge in [-0.3, -0.25) is 0 Å². The van der Waals surface area contributed by atoms with Gasteiger partial charge in [-0.15, -0.1) is 0 Å². The Morgan fingerprint density at radius 2 is 1.36 bits per heavy atom. The van der Waals surface area contributed by atoms with Crippen molar-refractivity contribution in [3.63, 3.8) is 0 Å². The monoisotopic (exact) mass is 329 g/mol. The van der Waals surface area contributed by atoms with E-state index >= 15 is 0 Å². The van der Waals surface area contributed by atoms with E-state index in [9.17, 15) is 0 Å². The van der Waals surface area contributed by atoms with Gasteiger partial charge in [0.1, 0.15) is 0 Å². The Kier molecular flexibility index (Phi) is 4.48. The first-order valence-corrected chi connectivity index (χ1v) is 9.74. The van der Waals surface area contributed by atoms with Crippen LogP contribution in [0.3, 0.4) is 0 Å². The highest BCUT2D eigenvalue weighted by Crippen LogP contribution is 2.39. The highest BCUT2D eigenvalue weighted by Gasteiger charge is 2.13. The third-order valence-electron chi connectivity index (χ3n) is 5.54. The van der Waals surface area contributed by atoms with Crippen molar-refractivity contribution in [2.24, 2.45) is 0 Å². The molecule has 1 heteroatoms. The predicted octanol–water partition coefficient (Wildman–Crippen LogP) is 7.07. The summed E-state index contributed by atoms with van der Waals surface area (Å²) in [6.45, 7) is 2.27. The van der Waals surface area contributed by atoms with Gasteiger partial charge in [0, 0.05) is 11.1 Å². The molecule has 0 radical (unpaired) electrons. The van der Waals surface area contributed by atoms with Gasteiger partial charge < -0.3 is 5.73 Å². The second-order valence-electron chi connectivity index (χ2n) is 7.33. The van der Waals surface area contributed by atoms with E-state index in [1.54, 1.807) is 0 Å². The Hall–Kier alpha value is -2.28. The Labute approximate surface area is 150 Å². The van der Waals surface area contributed by atoms with Crippen LogP contribution in [0.25, 0.3) is 32.3 Å². The standard InChI is InChI=1S/C24H27N/c1-2-3-4-5-6-7-9-20-16-19-11-8-10-17-12-13-18-14-15-21(25)23(20)24(18)22(17)19/h8,10-16H,2-7,9,25H2,1H3.